The van der Waals surface area contributed by atoms with E-state index in [9.17, 15) is 14.9 Å². The highest BCUT2D eigenvalue weighted by atomic mass is 16.6. The van der Waals surface area contributed by atoms with E-state index >= 15 is 0 Å². The van der Waals surface area contributed by atoms with Crippen LogP contribution in [0.5, 0.6) is 5.75 Å². The van der Waals surface area contributed by atoms with Gasteiger partial charge in [-0.25, -0.2) is 0 Å². The first-order chi connectivity index (χ1) is 10.1. The highest BCUT2D eigenvalue weighted by Gasteiger charge is 2.22. The van der Waals surface area contributed by atoms with E-state index in [1.807, 2.05) is 4.57 Å². The van der Waals surface area contributed by atoms with Gasteiger partial charge in [-0.2, -0.15) is 0 Å². The lowest BCUT2D eigenvalue weighted by atomic mass is 9.97. The topological polar surface area (TPSA) is 74.4 Å². The molecule has 1 aromatic carbocycles. The molecule has 6 heteroatoms. The molecular weight excluding hydrogens is 272 g/mol. The summed E-state index contributed by atoms with van der Waals surface area (Å²) in [6.45, 7) is 0. The summed E-state index contributed by atoms with van der Waals surface area (Å²) in [5.41, 5.74) is 2.23. The lowest BCUT2D eigenvalue weighted by Gasteiger charge is -2.15. The molecule has 1 aromatic heterocycles. The zero-order valence-electron chi connectivity index (χ0n) is 11.5. The quantitative estimate of drug-likeness (QED) is 0.642. The van der Waals surface area contributed by atoms with Gasteiger partial charge in [0, 0.05) is 29.9 Å². The van der Waals surface area contributed by atoms with Gasteiger partial charge in [0.25, 0.3) is 0 Å². The van der Waals surface area contributed by atoms with Crippen LogP contribution in [0.15, 0.2) is 30.5 Å². The minimum Gasteiger partial charge on any atom is -0.490 e. The average molecular weight is 286 g/mol. The van der Waals surface area contributed by atoms with Gasteiger partial charge in [0.15, 0.2) is 11.5 Å². The number of hydrogen-bond donors (Lipinski definition) is 0. The highest BCUT2D eigenvalue weighted by Crippen LogP contribution is 2.31. The Morgan fingerprint density at radius 1 is 1.29 bits per heavy atom. The normalized spacial score (nSPS) is 13.9. The monoisotopic (exact) mass is 286 g/mol. The maximum Gasteiger partial charge on any atom is 0.312 e. The molecule has 6 nitrogen and oxygen atoms in total. The van der Waals surface area contributed by atoms with Crippen molar-refractivity contribution in [1.82, 2.24) is 4.57 Å². The highest BCUT2D eigenvalue weighted by molar-refractivity contribution is 5.98. The second kappa shape index (κ2) is 5.05. The third kappa shape index (κ3) is 2.18. The molecule has 0 saturated heterocycles. The van der Waals surface area contributed by atoms with Crippen LogP contribution in [0, 0.1) is 10.1 Å². The number of fused-ring (bicyclic) bond motifs is 1. The summed E-state index contributed by atoms with van der Waals surface area (Å²) in [5.74, 6) is 0.360. The van der Waals surface area contributed by atoms with Crippen LogP contribution in [0.2, 0.25) is 0 Å². The number of carbonyl (C=O) groups is 1. The molecule has 0 amide bonds. The van der Waals surface area contributed by atoms with Crippen molar-refractivity contribution >= 4 is 11.5 Å². The van der Waals surface area contributed by atoms with Crippen LogP contribution in [-0.2, 0) is 6.42 Å². The van der Waals surface area contributed by atoms with E-state index in [1.165, 1.54) is 13.2 Å². The van der Waals surface area contributed by atoms with Gasteiger partial charge >= 0.3 is 5.69 Å². The van der Waals surface area contributed by atoms with Crippen molar-refractivity contribution in [3.8, 4) is 11.4 Å². The molecule has 1 aliphatic rings. The molecule has 0 radical (unpaired) electrons. The van der Waals surface area contributed by atoms with Crippen molar-refractivity contribution in [2.24, 2.45) is 0 Å². The summed E-state index contributed by atoms with van der Waals surface area (Å²) in [7, 11) is 1.40. The van der Waals surface area contributed by atoms with Crippen molar-refractivity contribution in [3.63, 3.8) is 0 Å². The van der Waals surface area contributed by atoms with Crippen LogP contribution in [0.1, 0.15) is 28.9 Å². The van der Waals surface area contributed by atoms with E-state index < -0.39 is 4.92 Å². The van der Waals surface area contributed by atoms with Crippen LogP contribution in [0.4, 0.5) is 5.69 Å². The Balaban J connectivity index is 2.11. The van der Waals surface area contributed by atoms with E-state index in [0.717, 1.165) is 24.1 Å². The minimum absolute atomic E-state index is 0.0837. The summed E-state index contributed by atoms with van der Waals surface area (Å²) in [6.07, 6.45) is 3.97. The SMILES string of the molecule is COc1ccc(-n2ccc3c2CCCC3=O)cc1[N+](=O)[O-]. The van der Waals surface area contributed by atoms with Gasteiger partial charge < -0.3 is 9.30 Å². The Hall–Kier alpha value is -2.63. The number of hydrogen-bond acceptors (Lipinski definition) is 4. The summed E-state index contributed by atoms with van der Waals surface area (Å²) in [4.78, 5) is 22.5. The average Bonchev–Trinajstić information content (AvgIpc) is 2.92. The second-order valence-corrected chi connectivity index (χ2v) is 4.94. The summed E-state index contributed by atoms with van der Waals surface area (Å²) >= 11 is 0. The number of Topliss-reactive ketones (excluding diaryl/α,β-unsaturated/α-hetero) is 1. The molecule has 21 heavy (non-hydrogen) atoms. The van der Waals surface area contributed by atoms with Crippen molar-refractivity contribution in [3.05, 3.63) is 51.8 Å². The van der Waals surface area contributed by atoms with Crippen molar-refractivity contribution in [1.29, 1.82) is 0 Å². The lowest BCUT2D eigenvalue weighted by molar-refractivity contribution is -0.385. The number of nitro benzene ring substituents is 1. The van der Waals surface area contributed by atoms with Gasteiger partial charge in [0.05, 0.1) is 17.7 Å². The predicted octanol–water partition coefficient (Wildman–Crippen LogP) is 2.91. The number of benzene rings is 1. The first-order valence-electron chi connectivity index (χ1n) is 6.68. The molecular formula is C15H14N2O4. The molecule has 0 saturated carbocycles. The Morgan fingerprint density at radius 2 is 2.10 bits per heavy atom. The molecule has 2 aromatic rings. The molecule has 0 aliphatic heterocycles. The number of carbonyl (C=O) groups excluding carboxylic acids is 1. The molecule has 0 atom stereocenters. The maximum absolute atomic E-state index is 11.9. The third-order valence-corrected chi connectivity index (χ3v) is 3.75. The number of ether oxygens (including phenoxy) is 1. The summed E-state index contributed by atoms with van der Waals surface area (Å²) in [6, 6.07) is 6.58. The van der Waals surface area contributed by atoms with Gasteiger partial charge in [-0.1, -0.05) is 0 Å². The van der Waals surface area contributed by atoms with Gasteiger partial charge in [-0.05, 0) is 31.0 Å². The van der Waals surface area contributed by atoms with Crippen LogP contribution in [0.3, 0.4) is 0 Å². The largest absolute Gasteiger partial charge is 0.490 e. The smallest absolute Gasteiger partial charge is 0.312 e. The fourth-order valence-electron chi connectivity index (χ4n) is 2.74. The zero-order chi connectivity index (χ0) is 15.0. The van der Waals surface area contributed by atoms with Crippen molar-refractivity contribution in [2.75, 3.05) is 7.11 Å². The Kier molecular flexibility index (Phi) is 3.21. The number of methoxy groups -OCH3 is 1. The lowest BCUT2D eigenvalue weighted by Crippen LogP contribution is -2.12. The number of aromatic nitrogens is 1. The van der Waals surface area contributed by atoms with Crippen molar-refractivity contribution in [2.45, 2.75) is 19.3 Å². The fourth-order valence-corrected chi connectivity index (χ4v) is 2.74. The molecule has 0 unspecified atom stereocenters. The molecule has 0 fully saturated rings. The Morgan fingerprint density at radius 3 is 2.81 bits per heavy atom. The molecule has 0 spiro atoms. The van der Waals surface area contributed by atoms with E-state index in [4.69, 9.17) is 4.74 Å². The van der Waals surface area contributed by atoms with E-state index in [-0.39, 0.29) is 17.2 Å². The molecule has 108 valence electrons. The predicted molar refractivity (Wildman–Crippen MR) is 76.2 cm³/mol. The summed E-state index contributed by atoms with van der Waals surface area (Å²) < 4.78 is 6.85. The molecule has 0 N–H and O–H groups in total. The molecule has 1 aliphatic carbocycles. The molecule has 3 rings (SSSR count). The molecule has 0 bridgehead atoms. The molecule has 1 heterocycles. The van der Waals surface area contributed by atoms with Gasteiger partial charge in [-0.15, -0.1) is 0 Å². The van der Waals surface area contributed by atoms with Crippen LogP contribution >= 0.6 is 0 Å². The third-order valence-electron chi connectivity index (χ3n) is 3.75. The fraction of sp³-hybridized carbons (Fsp3) is 0.267. The van der Waals surface area contributed by atoms with E-state index in [2.05, 4.69) is 0 Å². The van der Waals surface area contributed by atoms with E-state index in [1.54, 1.807) is 24.4 Å². The minimum atomic E-state index is -0.469. The Labute approximate surface area is 121 Å². The zero-order valence-corrected chi connectivity index (χ0v) is 11.5. The summed E-state index contributed by atoms with van der Waals surface area (Å²) in [5, 5.41) is 11.1. The van der Waals surface area contributed by atoms with Gasteiger partial charge in [0.1, 0.15) is 0 Å². The van der Waals surface area contributed by atoms with E-state index in [0.29, 0.717) is 12.1 Å². The first-order valence-corrected chi connectivity index (χ1v) is 6.68. The second-order valence-electron chi connectivity index (χ2n) is 4.94. The number of nitro groups is 1. The number of rotatable bonds is 3. The van der Waals surface area contributed by atoms with Gasteiger partial charge in [0.2, 0.25) is 0 Å². The standard InChI is InChI=1S/C15H14N2O4/c1-21-15-6-5-10(9-13(15)17(19)20)16-8-7-11-12(16)3-2-4-14(11)18/h5-9H,2-4H2,1H3. The Bertz CT molecular complexity index is 733. The van der Waals surface area contributed by atoms with Crippen LogP contribution in [0.25, 0.3) is 5.69 Å². The van der Waals surface area contributed by atoms with Crippen LogP contribution < -0.4 is 4.74 Å². The first kappa shape index (κ1) is 13.4. The number of ketones is 1. The van der Waals surface area contributed by atoms with Crippen molar-refractivity contribution < 1.29 is 14.5 Å². The maximum atomic E-state index is 11.9. The number of nitrogens with zero attached hydrogens (tertiary/aromatic N) is 2. The van der Waals surface area contributed by atoms with Gasteiger partial charge in [-0.3, -0.25) is 14.9 Å². The van der Waals surface area contributed by atoms with Crippen LogP contribution in [-0.4, -0.2) is 22.4 Å².